The molecule has 0 aromatic heterocycles. The maximum absolute atomic E-state index is 12.5. The normalized spacial score (nSPS) is 25.8. The minimum Gasteiger partial charge on any atom is -0.515 e. The summed E-state index contributed by atoms with van der Waals surface area (Å²) in [5, 5.41) is 9.28. The third-order valence-electron chi connectivity index (χ3n) is 4.22. The molecular formula is C17H23NO6. The number of carbonyl (C=O) groups excluding carboxylic acids is 3. The zero-order valence-corrected chi connectivity index (χ0v) is 14.4. The number of ether oxygens (including phenoxy) is 2. The predicted octanol–water partition coefficient (Wildman–Crippen LogP) is 2.13. The molecule has 1 saturated heterocycles. The number of methoxy groups -OCH3 is 1. The van der Waals surface area contributed by atoms with Crippen LogP contribution in [0.1, 0.15) is 33.6 Å². The topological polar surface area (TPSA) is 93.1 Å². The maximum Gasteiger partial charge on any atom is 0.410 e. The van der Waals surface area contributed by atoms with Crippen molar-refractivity contribution < 1.29 is 29.0 Å². The van der Waals surface area contributed by atoms with Crippen molar-refractivity contribution in [3.63, 3.8) is 0 Å². The van der Waals surface area contributed by atoms with E-state index < -0.39 is 23.1 Å². The van der Waals surface area contributed by atoms with Gasteiger partial charge in [-0.3, -0.25) is 9.59 Å². The first-order valence-electron chi connectivity index (χ1n) is 7.78. The Balaban J connectivity index is 2.36. The Hall–Kier alpha value is -2.31. The molecule has 0 spiro atoms. The molecule has 1 fully saturated rings. The van der Waals surface area contributed by atoms with E-state index in [1.54, 1.807) is 20.8 Å². The summed E-state index contributed by atoms with van der Waals surface area (Å²) in [6.45, 7) is 5.70. The Morgan fingerprint density at radius 2 is 2.04 bits per heavy atom. The molecule has 24 heavy (non-hydrogen) atoms. The van der Waals surface area contributed by atoms with Crippen molar-refractivity contribution in [3.8, 4) is 0 Å². The number of likely N-dealkylation sites (tertiary alicyclic amines) is 1. The summed E-state index contributed by atoms with van der Waals surface area (Å²) in [6, 6.07) is 0. The van der Waals surface area contributed by atoms with Crippen LogP contribution in [0.3, 0.4) is 0 Å². The lowest BCUT2D eigenvalue weighted by molar-refractivity contribution is -0.152. The lowest BCUT2D eigenvalue weighted by Crippen LogP contribution is -2.54. The highest BCUT2D eigenvalue weighted by molar-refractivity contribution is 6.07. The molecule has 132 valence electrons. The number of fused-ring (bicyclic) bond motifs is 1. The van der Waals surface area contributed by atoms with E-state index >= 15 is 0 Å². The van der Waals surface area contributed by atoms with E-state index in [0.29, 0.717) is 24.8 Å². The third kappa shape index (κ3) is 3.29. The van der Waals surface area contributed by atoms with Crippen molar-refractivity contribution in [3.05, 3.63) is 23.5 Å². The molecular weight excluding hydrogens is 314 g/mol. The lowest BCUT2D eigenvalue weighted by Gasteiger charge is -2.44. The van der Waals surface area contributed by atoms with Crippen LogP contribution in [0.15, 0.2) is 23.5 Å². The van der Waals surface area contributed by atoms with Crippen molar-refractivity contribution in [1.82, 2.24) is 4.90 Å². The number of carbonyl (C=O) groups is 3. The average Bonchev–Trinajstić information content (AvgIpc) is 2.51. The van der Waals surface area contributed by atoms with Crippen LogP contribution in [0.4, 0.5) is 4.79 Å². The number of rotatable bonds is 1. The number of hydrogen-bond acceptors (Lipinski definition) is 6. The van der Waals surface area contributed by atoms with Gasteiger partial charge in [0, 0.05) is 25.1 Å². The van der Waals surface area contributed by atoms with Crippen LogP contribution in [-0.4, -0.2) is 53.7 Å². The summed E-state index contributed by atoms with van der Waals surface area (Å²) >= 11 is 0. The third-order valence-corrected chi connectivity index (χ3v) is 4.22. The molecule has 1 N–H and O–H groups in total. The molecule has 0 saturated carbocycles. The molecule has 1 atom stereocenters. The van der Waals surface area contributed by atoms with E-state index in [0.717, 1.165) is 0 Å². The van der Waals surface area contributed by atoms with Crippen molar-refractivity contribution in [2.24, 2.45) is 5.41 Å². The first kappa shape index (κ1) is 18.0. The van der Waals surface area contributed by atoms with Gasteiger partial charge >= 0.3 is 12.1 Å². The van der Waals surface area contributed by atoms with Gasteiger partial charge < -0.3 is 19.5 Å². The fourth-order valence-electron chi connectivity index (χ4n) is 3.10. The number of ketones is 1. The van der Waals surface area contributed by atoms with Gasteiger partial charge in [-0.25, -0.2) is 4.79 Å². The Kier molecular flexibility index (Phi) is 4.73. The summed E-state index contributed by atoms with van der Waals surface area (Å²) in [6.07, 6.45) is 1.94. The van der Waals surface area contributed by atoms with Gasteiger partial charge in [-0.1, -0.05) is 0 Å². The van der Waals surface area contributed by atoms with E-state index in [1.807, 2.05) is 0 Å². The highest BCUT2D eigenvalue weighted by atomic mass is 16.6. The van der Waals surface area contributed by atoms with Gasteiger partial charge in [0.1, 0.15) is 11.0 Å². The molecule has 1 amide bonds. The molecule has 1 aliphatic carbocycles. The van der Waals surface area contributed by atoms with Gasteiger partial charge in [-0.15, -0.1) is 0 Å². The number of amides is 1. The molecule has 7 heteroatoms. The van der Waals surface area contributed by atoms with E-state index in [4.69, 9.17) is 9.47 Å². The SMILES string of the molecule is COC(=O)C12C/C(=C/O)C(=O)C=C1CCN(C(=O)OC(C)(C)C)C2. The van der Waals surface area contributed by atoms with Gasteiger partial charge in [0.15, 0.2) is 5.78 Å². The monoisotopic (exact) mass is 337 g/mol. The standard InChI is InChI=1S/C17H23NO6/c1-16(2,3)24-15(22)18-6-5-12-7-13(20)11(9-19)8-17(12,10-18)14(21)23-4/h7,9,19H,5-6,8,10H2,1-4H3/b11-9-. The predicted molar refractivity (Wildman–Crippen MR) is 85.3 cm³/mol. The quantitative estimate of drug-likeness (QED) is 0.447. The van der Waals surface area contributed by atoms with Gasteiger partial charge in [0.2, 0.25) is 0 Å². The van der Waals surface area contributed by atoms with Crippen LogP contribution >= 0.6 is 0 Å². The molecule has 2 rings (SSSR count). The molecule has 0 radical (unpaired) electrons. The van der Waals surface area contributed by atoms with Crippen molar-refractivity contribution >= 4 is 17.8 Å². The molecule has 7 nitrogen and oxygen atoms in total. The summed E-state index contributed by atoms with van der Waals surface area (Å²) in [7, 11) is 1.26. The molecule has 1 heterocycles. The summed E-state index contributed by atoms with van der Waals surface area (Å²) in [5.41, 5.74) is -1.06. The summed E-state index contributed by atoms with van der Waals surface area (Å²) in [5.74, 6) is -0.855. The summed E-state index contributed by atoms with van der Waals surface area (Å²) < 4.78 is 10.3. The Morgan fingerprint density at radius 1 is 1.38 bits per heavy atom. The number of nitrogens with zero attached hydrogens (tertiary/aromatic N) is 1. The number of piperidine rings is 1. The zero-order valence-electron chi connectivity index (χ0n) is 14.4. The molecule has 0 bridgehead atoms. The van der Waals surface area contributed by atoms with Crippen LogP contribution in [0.5, 0.6) is 0 Å². The second kappa shape index (κ2) is 6.30. The van der Waals surface area contributed by atoms with Crippen LogP contribution in [-0.2, 0) is 19.1 Å². The number of aliphatic hydroxyl groups is 1. The highest BCUT2D eigenvalue weighted by Gasteiger charge is 2.51. The van der Waals surface area contributed by atoms with Crippen molar-refractivity contribution in [2.75, 3.05) is 20.2 Å². The zero-order chi connectivity index (χ0) is 18.1. The fourth-order valence-corrected chi connectivity index (χ4v) is 3.10. The lowest BCUT2D eigenvalue weighted by atomic mass is 9.67. The Bertz CT molecular complexity index is 627. The minimum absolute atomic E-state index is 0.000137. The molecule has 1 aliphatic heterocycles. The minimum atomic E-state index is -1.16. The van der Waals surface area contributed by atoms with E-state index in [2.05, 4.69) is 0 Å². The first-order valence-corrected chi connectivity index (χ1v) is 7.78. The second-order valence-electron chi connectivity index (χ2n) is 7.09. The van der Waals surface area contributed by atoms with E-state index in [1.165, 1.54) is 18.1 Å². The molecule has 1 unspecified atom stereocenters. The molecule has 2 aliphatic rings. The Labute approximate surface area is 140 Å². The maximum atomic E-state index is 12.5. The smallest absolute Gasteiger partial charge is 0.410 e. The second-order valence-corrected chi connectivity index (χ2v) is 7.09. The van der Waals surface area contributed by atoms with Crippen LogP contribution < -0.4 is 0 Å². The largest absolute Gasteiger partial charge is 0.515 e. The molecule has 0 aromatic carbocycles. The average molecular weight is 337 g/mol. The fraction of sp³-hybridized carbons (Fsp3) is 0.588. The van der Waals surface area contributed by atoms with Crippen molar-refractivity contribution in [2.45, 2.75) is 39.2 Å². The van der Waals surface area contributed by atoms with Gasteiger partial charge in [-0.2, -0.15) is 0 Å². The number of esters is 1. The first-order chi connectivity index (χ1) is 11.1. The number of allylic oxidation sites excluding steroid dienone is 2. The highest BCUT2D eigenvalue weighted by Crippen LogP contribution is 2.45. The Morgan fingerprint density at radius 3 is 2.58 bits per heavy atom. The summed E-state index contributed by atoms with van der Waals surface area (Å²) in [4.78, 5) is 38.3. The number of aliphatic hydroxyl groups excluding tert-OH is 1. The van der Waals surface area contributed by atoms with Crippen molar-refractivity contribution in [1.29, 1.82) is 0 Å². The van der Waals surface area contributed by atoms with Gasteiger partial charge in [0.05, 0.1) is 13.4 Å². The van der Waals surface area contributed by atoms with Crippen LogP contribution in [0, 0.1) is 5.41 Å². The van der Waals surface area contributed by atoms with Gasteiger partial charge in [0.25, 0.3) is 0 Å². The van der Waals surface area contributed by atoms with Crippen LogP contribution in [0.25, 0.3) is 0 Å². The van der Waals surface area contributed by atoms with Gasteiger partial charge in [-0.05, 0) is 38.8 Å². The molecule has 0 aromatic rings. The van der Waals surface area contributed by atoms with E-state index in [-0.39, 0.29) is 24.3 Å². The van der Waals surface area contributed by atoms with E-state index in [9.17, 15) is 19.5 Å². The number of hydrogen-bond donors (Lipinski definition) is 1. The van der Waals surface area contributed by atoms with Crippen LogP contribution in [0.2, 0.25) is 0 Å².